The number of rotatable bonds is 9. The van der Waals surface area contributed by atoms with Gasteiger partial charge in [-0.3, -0.25) is 9.59 Å². The Balaban J connectivity index is 1.88. The molecule has 1 aromatic heterocycles. The summed E-state index contributed by atoms with van der Waals surface area (Å²) < 4.78 is 53.0. The van der Waals surface area contributed by atoms with Gasteiger partial charge in [0.15, 0.2) is 0 Å². The first kappa shape index (κ1) is 27.4. The maximum atomic E-state index is 13.5. The lowest BCUT2D eigenvalue weighted by Gasteiger charge is -2.31. The number of benzene rings is 2. The van der Waals surface area contributed by atoms with Gasteiger partial charge < -0.3 is 9.80 Å². The van der Waals surface area contributed by atoms with Crippen LogP contribution in [0.25, 0.3) is 0 Å². The molecule has 0 bridgehead atoms. The van der Waals surface area contributed by atoms with E-state index in [0.29, 0.717) is 13.0 Å². The lowest BCUT2D eigenvalue weighted by Crippen LogP contribution is -2.46. The molecule has 0 saturated heterocycles. The Morgan fingerprint density at radius 3 is 2.31 bits per heavy atom. The summed E-state index contributed by atoms with van der Waals surface area (Å²) in [6, 6.07) is 11.6. The van der Waals surface area contributed by atoms with Crippen molar-refractivity contribution < 1.29 is 27.2 Å². The van der Waals surface area contributed by atoms with Gasteiger partial charge in [0.05, 0.1) is 12.1 Å². The molecule has 36 heavy (non-hydrogen) atoms. The standard InChI is InChI=1S/C27H28F4N2O2S/c1-4-19(3)33(26(35)21-6-5-7-22(14-21)27(29,30)31)17-25(34)32(16-24-18(2)12-13-36-24)15-20-8-10-23(28)11-9-20/h5-14,19H,4,15-17H2,1-3H3. The van der Waals surface area contributed by atoms with Crippen molar-refractivity contribution >= 4 is 23.2 Å². The molecule has 0 saturated carbocycles. The molecule has 1 atom stereocenters. The molecule has 3 rings (SSSR count). The van der Waals surface area contributed by atoms with Crippen LogP contribution in [0.5, 0.6) is 0 Å². The highest BCUT2D eigenvalue weighted by Gasteiger charge is 2.32. The van der Waals surface area contributed by atoms with E-state index < -0.39 is 17.6 Å². The largest absolute Gasteiger partial charge is 0.416 e. The van der Waals surface area contributed by atoms with Gasteiger partial charge in [-0.15, -0.1) is 11.3 Å². The van der Waals surface area contributed by atoms with Crippen molar-refractivity contribution in [2.45, 2.75) is 52.5 Å². The van der Waals surface area contributed by atoms with Gasteiger partial charge >= 0.3 is 6.18 Å². The Bertz CT molecular complexity index is 1190. The van der Waals surface area contributed by atoms with E-state index in [2.05, 4.69) is 0 Å². The summed E-state index contributed by atoms with van der Waals surface area (Å²) >= 11 is 1.50. The van der Waals surface area contributed by atoms with Crippen LogP contribution in [-0.4, -0.2) is 34.2 Å². The van der Waals surface area contributed by atoms with Crippen LogP contribution in [0.4, 0.5) is 17.6 Å². The summed E-state index contributed by atoms with van der Waals surface area (Å²) in [5.74, 6) is -1.38. The molecule has 1 heterocycles. The first-order valence-corrected chi connectivity index (χ1v) is 12.4. The third-order valence-electron chi connectivity index (χ3n) is 6.07. The molecule has 0 radical (unpaired) electrons. The number of hydrogen-bond donors (Lipinski definition) is 0. The highest BCUT2D eigenvalue weighted by molar-refractivity contribution is 7.10. The zero-order valence-corrected chi connectivity index (χ0v) is 21.1. The van der Waals surface area contributed by atoms with Gasteiger partial charge in [0.2, 0.25) is 5.91 Å². The second-order valence-electron chi connectivity index (χ2n) is 8.67. The van der Waals surface area contributed by atoms with E-state index in [1.54, 1.807) is 24.0 Å². The molecular weight excluding hydrogens is 492 g/mol. The average molecular weight is 521 g/mol. The minimum atomic E-state index is -4.59. The van der Waals surface area contributed by atoms with Gasteiger partial charge in [-0.1, -0.05) is 25.1 Å². The lowest BCUT2D eigenvalue weighted by molar-refractivity contribution is -0.137. The SMILES string of the molecule is CCC(C)N(CC(=O)N(Cc1ccc(F)cc1)Cc1sccc1C)C(=O)c1cccc(C(F)(F)F)c1. The van der Waals surface area contributed by atoms with Gasteiger partial charge in [0.1, 0.15) is 12.4 Å². The van der Waals surface area contributed by atoms with Crippen molar-refractivity contribution in [3.8, 4) is 0 Å². The van der Waals surface area contributed by atoms with Gasteiger partial charge in [-0.2, -0.15) is 13.2 Å². The van der Waals surface area contributed by atoms with E-state index in [4.69, 9.17) is 0 Å². The molecule has 192 valence electrons. The molecule has 3 aromatic rings. The smallest absolute Gasteiger partial charge is 0.332 e. The maximum Gasteiger partial charge on any atom is 0.416 e. The Morgan fingerprint density at radius 2 is 1.72 bits per heavy atom. The van der Waals surface area contributed by atoms with Crippen LogP contribution in [-0.2, 0) is 24.1 Å². The minimum Gasteiger partial charge on any atom is -0.332 e. The number of carbonyl (C=O) groups is 2. The van der Waals surface area contributed by atoms with Crippen LogP contribution in [0.15, 0.2) is 60.0 Å². The minimum absolute atomic E-state index is 0.128. The molecular formula is C27H28F4N2O2S. The van der Waals surface area contributed by atoms with Crippen molar-refractivity contribution in [1.29, 1.82) is 0 Å². The number of thiophene rings is 1. The van der Waals surface area contributed by atoms with Crippen molar-refractivity contribution in [3.05, 3.63) is 92.9 Å². The molecule has 0 aliphatic rings. The Hall–Kier alpha value is -3.20. The zero-order valence-electron chi connectivity index (χ0n) is 20.3. The Morgan fingerprint density at radius 1 is 1.03 bits per heavy atom. The van der Waals surface area contributed by atoms with Crippen LogP contribution in [0.2, 0.25) is 0 Å². The number of nitrogens with zero attached hydrogens (tertiary/aromatic N) is 2. The molecule has 1 unspecified atom stereocenters. The molecule has 0 aliphatic heterocycles. The van der Waals surface area contributed by atoms with Crippen molar-refractivity contribution in [2.75, 3.05) is 6.54 Å². The Labute approximate surface area is 212 Å². The molecule has 2 aromatic carbocycles. The molecule has 9 heteroatoms. The Kier molecular flexibility index (Phi) is 8.89. The average Bonchev–Trinajstić information content (AvgIpc) is 3.26. The molecule has 2 amide bonds. The van der Waals surface area contributed by atoms with Gasteiger partial charge in [-0.25, -0.2) is 4.39 Å². The second kappa shape index (κ2) is 11.7. The van der Waals surface area contributed by atoms with Crippen molar-refractivity contribution in [1.82, 2.24) is 9.80 Å². The zero-order chi connectivity index (χ0) is 26.5. The van der Waals surface area contributed by atoms with E-state index >= 15 is 0 Å². The molecule has 0 fully saturated rings. The van der Waals surface area contributed by atoms with Crippen molar-refractivity contribution in [3.63, 3.8) is 0 Å². The fraction of sp³-hybridized carbons (Fsp3) is 0.333. The van der Waals surface area contributed by atoms with Gasteiger partial charge in [0.25, 0.3) is 5.91 Å². The normalized spacial score (nSPS) is 12.3. The van der Waals surface area contributed by atoms with Crippen LogP contribution in [0, 0.1) is 12.7 Å². The first-order valence-electron chi connectivity index (χ1n) is 11.5. The summed E-state index contributed by atoms with van der Waals surface area (Å²) in [7, 11) is 0. The topological polar surface area (TPSA) is 40.6 Å². The molecule has 0 N–H and O–H groups in total. The number of alkyl halides is 3. The number of aryl methyl sites for hydroxylation is 1. The summed E-state index contributed by atoms with van der Waals surface area (Å²) in [5.41, 5.74) is 0.695. The van der Waals surface area contributed by atoms with Crippen LogP contribution < -0.4 is 0 Å². The summed E-state index contributed by atoms with van der Waals surface area (Å²) in [6.07, 6.45) is -4.07. The van der Waals surface area contributed by atoms with Gasteiger partial charge in [-0.05, 0) is 73.2 Å². The highest BCUT2D eigenvalue weighted by atomic mass is 32.1. The van der Waals surface area contributed by atoms with Crippen LogP contribution >= 0.6 is 11.3 Å². The fourth-order valence-corrected chi connectivity index (χ4v) is 4.59. The van der Waals surface area contributed by atoms with Gasteiger partial charge in [0, 0.05) is 23.0 Å². The fourth-order valence-electron chi connectivity index (χ4n) is 3.67. The van der Waals surface area contributed by atoms with Crippen molar-refractivity contribution in [2.24, 2.45) is 0 Å². The van der Waals surface area contributed by atoms with E-state index in [-0.39, 0.29) is 36.4 Å². The number of halogens is 4. The van der Waals surface area contributed by atoms with E-state index in [1.807, 2.05) is 25.3 Å². The summed E-state index contributed by atoms with van der Waals surface area (Å²) in [6.45, 7) is 5.73. The number of amides is 2. The van der Waals surface area contributed by atoms with E-state index in [9.17, 15) is 27.2 Å². The lowest BCUT2D eigenvalue weighted by atomic mass is 10.1. The predicted octanol–water partition coefficient (Wildman–Crippen LogP) is 6.68. The molecule has 0 spiro atoms. The summed E-state index contributed by atoms with van der Waals surface area (Å²) in [4.78, 5) is 30.7. The van der Waals surface area contributed by atoms with E-state index in [1.165, 1.54) is 40.5 Å². The maximum absolute atomic E-state index is 13.5. The van der Waals surface area contributed by atoms with Crippen LogP contribution in [0.1, 0.15) is 52.2 Å². The monoisotopic (exact) mass is 520 g/mol. The predicted molar refractivity (Wildman–Crippen MR) is 132 cm³/mol. The number of hydrogen-bond acceptors (Lipinski definition) is 3. The third-order valence-corrected chi connectivity index (χ3v) is 7.08. The van der Waals surface area contributed by atoms with Crippen LogP contribution in [0.3, 0.4) is 0 Å². The summed E-state index contributed by atoms with van der Waals surface area (Å²) in [5, 5.41) is 1.92. The van der Waals surface area contributed by atoms with E-state index in [0.717, 1.165) is 28.1 Å². The molecule has 4 nitrogen and oxygen atoms in total. The molecule has 0 aliphatic carbocycles. The second-order valence-corrected chi connectivity index (χ2v) is 9.67. The highest BCUT2D eigenvalue weighted by Crippen LogP contribution is 2.30. The third kappa shape index (κ3) is 6.94. The quantitative estimate of drug-likeness (QED) is 0.295. The first-order chi connectivity index (χ1) is 17.0. The number of carbonyl (C=O) groups excluding carboxylic acids is 2.